The van der Waals surface area contributed by atoms with E-state index >= 15 is 0 Å². The summed E-state index contributed by atoms with van der Waals surface area (Å²) in [6, 6.07) is 4.44. The van der Waals surface area contributed by atoms with Crippen LogP contribution in [0.5, 0.6) is 0 Å². The van der Waals surface area contributed by atoms with Gasteiger partial charge in [0.15, 0.2) is 0 Å². The quantitative estimate of drug-likeness (QED) is 0.795. The van der Waals surface area contributed by atoms with Gasteiger partial charge in [-0.15, -0.1) is 0 Å². The van der Waals surface area contributed by atoms with E-state index in [1.54, 1.807) is 6.26 Å². The fourth-order valence-electron chi connectivity index (χ4n) is 3.86. The molecule has 2 saturated carbocycles. The molecule has 1 aromatic rings. The Balaban J connectivity index is 1.65. The molecule has 1 aromatic heterocycles. The zero-order valence-corrected chi connectivity index (χ0v) is 12.1. The van der Waals surface area contributed by atoms with Gasteiger partial charge in [0, 0.05) is 24.3 Å². The molecule has 0 bridgehead atoms. The Labute approximate surface area is 124 Å². The Morgan fingerprint density at radius 1 is 1.14 bits per heavy atom. The van der Waals surface area contributed by atoms with Crippen LogP contribution in [0.2, 0.25) is 0 Å². The second-order valence-electron chi connectivity index (χ2n) is 6.40. The van der Waals surface area contributed by atoms with Crippen molar-refractivity contribution in [1.82, 2.24) is 0 Å². The zero-order valence-electron chi connectivity index (χ0n) is 12.1. The molecule has 4 heteroatoms. The van der Waals surface area contributed by atoms with E-state index in [-0.39, 0.29) is 23.7 Å². The van der Waals surface area contributed by atoms with Crippen LogP contribution in [0.1, 0.15) is 50.2 Å². The highest BCUT2D eigenvalue weighted by Crippen LogP contribution is 2.35. The molecule has 0 aromatic carbocycles. The molecule has 0 amide bonds. The van der Waals surface area contributed by atoms with Gasteiger partial charge in [0.1, 0.15) is 11.5 Å². The van der Waals surface area contributed by atoms with Crippen LogP contribution in [0.15, 0.2) is 32.8 Å². The first kappa shape index (κ1) is 13.0. The number of furan rings is 1. The largest absolute Gasteiger partial charge is 0.469 e. The molecular formula is C17H20N2O2. The minimum absolute atomic E-state index is 0.149. The van der Waals surface area contributed by atoms with E-state index in [0.29, 0.717) is 12.5 Å². The Morgan fingerprint density at radius 2 is 2.00 bits per heavy atom. The second kappa shape index (κ2) is 5.24. The Hall–Kier alpha value is -1.71. The maximum atomic E-state index is 12.5. The number of hydrogen-bond donors (Lipinski definition) is 0. The summed E-state index contributed by atoms with van der Waals surface area (Å²) in [5, 5.41) is 0. The van der Waals surface area contributed by atoms with Gasteiger partial charge >= 0.3 is 0 Å². The van der Waals surface area contributed by atoms with Gasteiger partial charge < -0.3 is 4.42 Å². The molecular weight excluding hydrogens is 264 g/mol. The van der Waals surface area contributed by atoms with E-state index in [2.05, 4.69) is 4.99 Å². The van der Waals surface area contributed by atoms with Crippen LogP contribution in [-0.2, 0) is 4.79 Å². The maximum Gasteiger partial charge on any atom is 0.147 e. The van der Waals surface area contributed by atoms with E-state index in [0.717, 1.165) is 30.7 Å². The third kappa shape index (κ3) is 2.37. The van der Waals surface area contributed by atoms with Crippen molar-refractivity contribution in [3.8, 4) is 0 Å². The fraction of sp³-hybridized carbons (Fsp3) is 0.588. The van der Waals surface area contributed by atoms with Gasteiger partial charge in [-0.3, -0.25) is 14.8 Å². The van der Waals surface area contributed by atoms with Crippen molar-refractivity contribution in [2.75, 3.05) is 0 Å². The third-order valence-electron chi connectivity index (χ3n) is 5.01. The van der Waals surface area contributed by atoms with Crippen molar-refractivity contribution in [1.29, 1.82) is 0 Å². The highest BCUT2D eigenvalue weighted by molar-refractivity contribution is 6.18. The van der Waals surface area contributed by atoms with Crippen molar-refractivity contribution in [2.24, 2.45) is 15.9 Å². The maximum absolute atomic E-state index is 12.5. The van der Waals surface area contributed by atoms with Crippen molar-refractivity contribution < 1.29 is 9.21 Å². The predicted molar refractivity (Wildman–Crippen MR) is 81.2 cm³/mol. The van der Waals surface area contributed by atoms with Crippen LogP contribution in [0.4, 0.5) is 0 Å². The molecule has 0 radical (unpaired) electrons. The summed E-state index contributed by atoms with van der Waals surface area (Å²) >= 11 is 0. The Bertz CT molecular complexity index is 588. The zero-order chi connectivity index (χ0) is 14.2. The van der Waals surface area contributed by atoms with E-state index in [9.17, 15) is 4.79 Å². The number of aliphatic imine (C=N–C) groups is 2. The molecule has 2 heterocycles. The van der Waals surface area contributed by atoms with Crippen LogP contribution in [0, 0.1) is 5.92 Å². The number of nitrogens with zero attached hydrogens (tertiary/aromatic N) is 2. The lowest BCUT2D eigenvalue weighted by Crippen LogP contribution is -2.34. The summed E-state index contributed by atoms with van der Waals surface area (Å²) < 4.78 is 5.50. The molecule has 0 N–H and O–H groups in total. The number of ketones is 1. The van der Waals surface area contributed by atoms with Crippen LogP contribution in [0.3, 0.4) is 0 Å². The lowest BCUT2D eigenvalue weighted by Gasteiger charge is -2.27. The number of carbonyl (C=O) groups is 1. The summed E-state index contributed by atoms with van der Waals surface area (Å²) in [6.07, 6.45) is 9.62. The van der Waals surface area contributed by atoms with Crippen molar-refractivity contribution in [3.63, 3.8) is 0 Å². The van der Waals surface area contributed by atoms with E-state index in [1.165, 1.54) is 12.8 Å². The number of fused-ring (bicyclic) bond motifs is 2. The molecule has 4 rings (SSSR count). The highest BCUT2D eigenvalue weighted by Gasteiger charge is 2.37. The SMILES string of the molecule is O=C1C[C@@H](c2ccco2)CC2=N[C@@H]3CCCC[C@@H]3N=CC12. The standard InChI is InChI=1S/C17H20N2O2/c20-16-9-11(17-6-3-7-21-17)8-15-12(16)10-18-13-4-1-2-5-14(13)19-15/h3,6-7,10-14H,1-2,4-5,8-9H2/t11-,12?,13-,14+/m0/s1. The third-order valence-corrected chi connectivity index (χ3v) is 5.01. The first-order valence-electron chi connectivity index (χ1n) is 7.97. The number of Topliss-reactive ketones (excluding diaryl/α,β-unsaturated/α-hetero) is 1. The van der Waals surface area contributed by atoms with E-state index < -0.39 is 0 Å². The summed E-state index contributed by atoms with van der Waals surface area (Å²) in [6.45, 7) is 0. The summed E-state index contributed by atoms with van der Waals surface area (Å²) in [5.74, 6) is 1.12. The normalized spacial score (nSPS) is 35.6. The van der Waals surface area contributed by atoms with E-state index in [4.69, 9.17) is 9.41 Å². The number of rotatable bonds is 1. The van der Waals surface area contributed by atoms with Gasteiger partial charge in [0.2, 0.25) is 0 Å². The summed E-state index contributed by atoms with van der Waals surface area (Å²) in [4.78, 5) is 22.1. The molecule has 0 saturated heterocycles. The second-order valence-corrected chi connectivity index (χ2v) is 6.40. The Morgan fingerprint density at radius 3 is 2.81 bits per heavy atom. The van der Waals surface area contributed by atoms with Gasteiger partial charge in [-0.2, -0.15) is 0 Å². The molecule has 21 heavy (non-hydrogen) atoms. The molecule has 4 nitrogen and oxygen atoms in total. The van der Waals surface area contributed by atoms with E-state index in [1.807, 2.05) is 18.3 Å². The average Bonchev–Trinajstić information content (AvgIpc) is 2.95. The molecule has 3 aliphatic rings. The van der Waals surface area contributed by atoms with Crippen LogP contribution in [0.25, 0.3) is 0 Å². The predicted octanol–water partition coefficient (Wildman–Crippen LogP) is 3.18. The van der Waals surface area contributed by atoms with Gasteiger partial charge in [-0.05, 0) is 31.4 Å². The lowest BCUT2D eigenvalue weighted by molar-refractivity contribution is -0.120. The highest BCUT2D eigenvalue weighted by atomic mass is 16.3. The molecule has 1 aliphatic heterocycles. The first-order chi connectivity index (χ1) is 10.3. The van der Waals surface area contributed by atoms with Crippen molar-refractivity contribution in [3.05, 3.63) is 24.2 Å². The smallest absolute Gasteiger partial charge is 0.147 e. The molecule has 4 atom stereocenters. The molecule has 0 spiro atoms. The number of hydrogen-bond acceptors (Lipinski definition) is 4. The van der Waals surface area contributed by atoms with Crippen LogP contribution >= 0.6 is 0 Å². The minimum atomic E-state index is -0.179. The summed E-state index contributed by atoms with van der Waals surface area (Å²) in [7, 11) is 0. The Kier molecular flexibility index (Phi) is 3.24. The van der Waals surface area contributed by atoms with Gasteiger partial charge in [-0.1, -0.05) is 12.8 Å². The summed E-state index contributed by atoms with van der Waals surface area (Å²) in [5.41, 5.74) is 1.03. The molecule has 1 unspecified atom stereocenters. The van der Waals surface area contributed by atoms with Gasteiger partial charge in [-0.25, -0.2) is 0 Å². The molecule has 110 valence electrons. The molecule has 2 aliphatic carbocycles. The number of carbonyl (C=O) groups excluding carboxylic acids is 1. The van der Waals surface area contributed by atoms with Crippen LogP contribution in [-0.4, -0.2) is 29.8 Å². The van der Waals surface area contributed by atoms with Crippen molar-refractivity contribution in [2.45, 2.75) is 56.5 Å². The van der Waals surface area contributed by atoms with Gasteiger partial charge in [0.05, 0.1) is 24.3 Å². The first-order valence-corrected chi connectivity index (χ1v) is 7.97. The lowest BCUT2D eigenvalue weighted by atomic mass is 9.78. The van der Waals surface area contributed by atoms with Gasteiger partial charge in [0.25, 0.3) is 0 Å². The topological polar surface area (TPSA) is 54.9 Å². The van der Waals surface area contributed by atoms with Crippen LogP contribution < -0.4 is 0 Å². The van der Waals surface area contributed by atoms with Crippen molar-refractivity contribution >= 4 is 17.7 Å². The molecule has 2 fully saturated rings. The minimum Gasteiger partial charge on any atom is -0.469 e. The average molecular weight is 284 g/mol. The monoisotopic (exact) mass is 284 g/mol. The fourth-order valence-corrected chi connectivity index (χ4v) is 3.86.